The van der Waals surface area contributed by atoms with Crippen LogP contribution in [0, 0.1) is 5.92 Å². The number of esters is 1. The van der Waals surface area contributed by atoms with Crippen molar-refractivity contribution in [2.24, 2.45) is 5.92 Å². The Labute approximate surface area is 136 Å². The number of para-hydroxylation sites is 2. The van der Waals surface area contributed by atoms with Crippen molar-refractivity contribution in [3.8, 4) is 5.75 Å². The third kappa shape index (κ3) is 5.47. The van der Waals surface area contributed by atoms with Crippen molar-refractivity contribution < 1.29 is 19.1 Å². The van der Waals surface area contributed by atoms with Gasteiger partial charge < -0.3 is 19.7 Å². The number of carbonyl (C=O) groups is 2. The van der Waals surface area contributed by atoms with E-state index in [1.807, 2.05) is 12.1 Å². The molecule has 0 atom stereocenters. The summed E-state index contributed by atoms with van der Waals surface area (Å²) in [6.45, 7) is 3.15. The van der Waals surface area contributed by atoms with Gasteiger partial charge in [-0.25, -0.2) is 4.79 Å². The van der Waals surface area contributed by atoms with Crippen molar-refractivity contribution >= 4 is 17.7 Å². The molecule has 1 aliphatic rings. The highest BCUT2D eigenvalue weighted by Crippen LogP contribution is 2.30. The van der Waals surface area contributed by atoms with Crippen LogP contribution >= 0.6 is 0 Å². The molecular formula is C17H24N2O4. The lowest BCUT2D eigenvalue weighted by Crippen LogP contribution is -2.38. The Morgan fingerprint density at radius 1 is 1.30 bits per heavy atom. The highest BCUT2D eigenvalue weighted by Gasteiger charge is 2.27. The Morgan fingerprint density at radius 3 is 2.70 bits per heavy atom. The molecule has 0 heterocycles. The summed E-state index contributed by atoms with van der Waals surface area (Å²) in [5.74, 6) is 0.872. The first-order valence-electron chi connectivity index (χ1n) is 7.98. The van der Waals surface area contributed by atoms with E-state index in [1.165, 1.54) is 0 Å². The quantitative estimate of drug-likeness (QED) is 0.748. The molecule has 2 rings (SSSR count). The maximum absolute atomic E-state index is 12.5. The zero-order chi connectivity index (χ0) is 16.7. The molecule has 1 N–H and O–H groups in total. The highest BCUT2D eigenvalue weighted by atomic mass is 16.5. The third-order valence-corrected chi connectivity index (χ3v) is 3.70. The summed E-state index contributed by atoms with van der Waals surface area (Å²) in [4.78, 5) is 25.7. The molecule has 6 nitrogen and oxygen atoms in total. The SMILES string of the molecule is CCOC(=O)CCN(CC1CC1)C(=O)Nc1ccccc1OC. The largest absolute Gasteiger partial charge is 0.495 e. The van der Waals surface area contributed by atoms with Crippen molar-refractivity contribution in [1.82, 2.24) is 4.90 Å². The van der Waals surface area contributed by atoms with Crippen molar-refractivity contribution in [3.05, 3.63) is 24.3 Å². The molecule has 1 saturated carbocycles. The van der Waals surface area contributed by atoms with Crippen LogP contribution in [-0.4, -0.2) is 43.7 Å². The number of ether oxygens (including phenoxy) is 2. The van der Waals surface area contributed by atoms with Gasteiger partial charge in [0.05, 0.1) is 25.8 Å². The van der Waals surface area contributed by atoms with E-state index in [0.717, 1.165) is 12.8 Å². The number of nitrogens with zero attached hydrogens (tertiary/aromatic N) is 1. The number of hydrogen-bond donors (Lipinski definition) is 1. The van der Waals surface area contributed by atoms with Crippen LogP contribution in [-0.2, 0) is 9.53 Å². The lowest BCUT2D eigenvalue weighted by molar-refractivity contribution is -0.143. The van der Waals surface area contributed by atoms with E-state index < -0.39 is 0 Å². The highest BCUT2D eigenvalue weighted by molar-refractivity contribution is 5.91. The molecule has 1 aromatic rings. The van der Waals surface area contributed by atoms with Crippen LogP contribution in [0.15, 0.2) is 24.3 Å². The Kier molecular flexibility index (Phi) is 6.26. The van der Waals surface area contributed by atoms with E-state index in [-0.39, 0.29) is 18.4 Å². The van der Waals surface area contributed by atoms with E-state index in [4.69, 9.17) is 9.47 Å². The molecule has 1 aromatic carbocycles. The topological polar surface area (TPSA) is 67.9 Å². The Balaban J connectivity index is 1.96. The summed E-state index contributed by atoms with van der Waals surface area (Å²) < 4.78 is 10.2. The lowest BCUT2D eigenvalue weighted by atomic mass is 10.3. The summed E-state index contributed by atoms with van der Waals surface area (Å²) in [5.41, 5.74) is 0.622. The van der Waals surface area contributed by atoms with Gasteiger partial charge >= 0.3 is 12.0 Å². The Morgan fingerprint density at radius 2 is 2.04 bits per heavy atom. The van der Waals surface area contributed by atoms with Gasteiger partial charge in [-0.05, 0) is 37.8 Å². The van der Waals surface area contributed by atoms with Crippen molar-refractivity contribution in [2.45, 2.75) is 26.2 Å². The number of nitrogens with one attached hydrogen (secondary N) is 1. The van der Waals surface area contributed by atoms with Gasteiger partial charge in [-0.1, -0.05) is 12.1 Å². The number of benzene rings is 1. The molecule has 0 bridgehead atoms. The molecule has 2 amide bonds. The molecule has 0 radical (unpaired) electrons. The number of rotatable bonds is 8. The predicted molar refractivity (Wildman–Crippen MR) is 87.6 cm³/mol. The van der Waals surface area contributed by atoms with Crippen LogP contribution in [0.5, 0.6) is 5.75 Å². The Bertz CT molecular complexity index is 543. The van der Waals surface area contributed by atoms with Gasteiger partial charge in [-0.2, -0.15) is 0 Å². The van der Waals surface area contributed by atoms with Gasteiger partial charge in [0, 0.05) is 13.1 Å². The van der Waals surface area contributed by atoms with Crippen LogP contribution in [0.25, 0.3) is 0 Å². The summed E-state index contributed by atoms with van der Waals surface area (Å²) in [5, 5.41) is 2.86. The van der Waals surface area contributed by atoms with Gasteiger partial charge in [-0.3, -0.25) is 4.79 Å². The van der Waals surface area contributed by atoms with Gasteiger partial charge in [0.15, 0.2) is 0 Å². The van der Waals surface area contributed by atoms with Crippen LogP contribution in [0.1, 0.15) is 26.2 Å². The molecule has 0 spiro atoms. The zero-order valence-corrected chi connectivity index (χ0v) is 13.7. The van der Waals surface area contributed by atoms with Gasteiger partial charge in [0.25, 0.3) is 0 Å². The Hall–Kier alpha value is -2.24. The molecule has 0 unspecified atom stereocenters. The molecule has 0 aliphatic heterocycles. The first-order valence-corrected chi connectivity index (χ1v) is 7.98. The molecule has 1 fully saturated rings. The molecule has 6 heteroatoms. The van der Waals surface area contributed by atoms with E-state index in [1.54, 1.807) is 31.1 Å². The second kappa shape index (κ2) is 8.41. The maximum Gasteiger partial charge on any atom is 0.321 e. The van der Waals surface area contributed by atoms with Gasteiger partial charge in [0.2, 0.25) is 0 Å². The van der Waals surface area contributed by atoms with E-state index >= 15 is 0 Å². The predicted octanol–water partition coefficient (Wildman–Crippen LogP) is 2.89. The van der Waals surface area contributed by atoms with E-state index in [2.05, 4.69) is 5.32 Å². The van der Waals surface area contributed by atoms with Gasteiger partial charge in [-0.15, -0.1) is 0 Å². The first-order chi connectivity index (χ1) is 11.1. The fourth-order valence-corrected chi connectivity index (χ4v) is 2.29. The fraction of sp³-hybridized carbons (Fsp3) is 0.529. The molecule has 0 aromatic heterocycles. The third-order valence-electron chi connectivity index (χ3n) is 3.70. The average Bonchev–Trinajstić information content (AvgIpc) is 3.36. The monoisotopic (exact) mass is 320 g/mol. The van der Waals surface area contributed by atoms with Crippen LogP contribution in [0.3, 0.4) is 0 Å². The lowest BCUT2D eigenvalue weighted by Gasteiger charge is -2.23. The van der Waals surface area contributed by atoms with Crippen LogP contribution < -0.4 is 10.1 Å². The summed E-state index contributed by atoms with van der Waals surface area (Å²) in [7, 11) is 1.56. The summed E-state index contributed by atoms with van der Waals surface area (Å²) in [6, 6.07) is 7.04. The molecule has 0 saturated heterocycles. The fourth-order valence-electron chi connectivity index (χ4n) is 2.29. The minimum Gasteiger partial charge on any atom is -0.495 e. The maximum atomic E-state index is 12.5. The number of carbonyl (C=O) groups excluding carboxylic acids is 2. The minimum atomic E-state index is -0.279. The number of urea groups is 1. The van der Waals surface area contributed by atoms with E-state index in [0.29, 0.717) is 37.1 Å². The number of methoxy groups -OCH3 is 1. The molecule has 1 aliphatic carbocycles. The van der Waals surface area contributed by atoms with Gasteiger partial charge in [0.1, 0.15) is 5.75 Å². The summed E-state index contributed by atoms with van der Waals surface area (Å²) >= 11 is 0. The second-order valence-corrected chi connectivity index (χ2v) is 5.57. The molecular weight excluding hydrogens is 296 g/mol. The normalized spacial score (nSPS) is 13.3. The standard InChI is InChI=1S/C17H24N2O4/c1-3-23-16(20)10-11-19(12-13-8-9-13)17(21)18-14-6-4-5-7-15(14)22-2/h4-7,13H,3,8-12H2,1-2H3,(H,18,21). The zero-order valence-electron chi connectivity index (χ0n) is 13.7. The second-order valence-electron chi connectivity index (χ2n) is 5.57. The van der Waals surface area contributed by atoms with E-state index in [9.17, 15) is 9.59 Å². The van der Waals surface area contributed by atoms with Crippen molar-refractivity contribution in [1.29, 1.82) is 0 Å². The van der Waals surface area contributed by atoms with Crippen molar-refractivity contribution in [3.63, 3.8) is 0 Å². The number of hydrogen-bond acceptors (Lipinski definition) is 4. The smallest absolute Gasteiger partial charge is 0.321 e. The van der Waals surface area contributed by atoms with Crippen LogP contribution in [0.4, 0.5) is 10.5 Å². The van der Waals surface area contributed by atoms with Crippen molar-refractivity contribution in [2.75, 3.05) is 32.1 Å². The molecule has 23 heavy (non-hydrogen) atoms. The number of anilines is 1. The van der Waals surface area contributed by atoms with Crippen LogP contribution in [0.2, 0.25) is 0 Å². The summed E-state index contributed by atoms with van der Waals surface area (Å²) in [6.07, 6.45) is 2.48. The molecule has 126 valence electrons. The first kappa shape index (κ1) is 17.1. The minimum absolute atomic E-state index is 0.208. The average molecular weight is 320 g/mol. The number of amides is 2.